The van der Waals surface area contributed by atoms with Gasteiger partial charge in [-0.2, -0.15) is 0 Å². The van der Waals surface area contributed by atoms with Crippen LogP contribution in [0.25, 0.3) is 0 Å². The standard InChI is InChI=1S/C26H31N3O8/c1-28(2)20-15-10-13-9-14-12(11-29-5-7-37-8-6-29)3-4-16(30)18(14)21(31)17(13)23(33)26(15,36)24(34)19(22(20)32)25(27)35/h3-4,13,15,17,19-20,30,36H,5-11H2,1-2H3,(H2,27,35)/t13-,15-,17?,19?,20?,26-/m0/s1. The maximum absolute atomic E-state index is 13.8. The highest BCUT2D eigenvalue weighted by Gasteiger charge is 2.69. The van der Waals surface area contributed by atoms with E-state index in [-0.39, 0.29) is 24.2 Å². The van der Waals surface area contributed by atoms with Crippen molar-refractivity contribution in [3.8, 4) is 5.75 Å². The number of carbonyl (C=O) groups is 5. The Morgan fingerprint density at radius 1 is 1.16 bits per heavy atom. The number of rotatable bonds is 4. The monoisotopic (exact) mass is 513 g/mol. The molecular weight excluding hydrogens is 482 g/mol. The van der Waals surface area contributed by atoms with Gasteiger partial charge in [-0.1, -0.05) is 6.07 Å². The molecule has 1 aliphatic heterocycles. The van der Waals surface area contributed by atoms with Crippen LogP contribution in [0.3, 0.4) is 0 Å². The number of ether oxygens (including phenoxy) is 1. The van der Waals surface area contributed by atoms with Crippen molar-refractivity contribution in [2.45, 2.75) is 31.0 Å². The molecule has 1 aromatic carbocycles. The minimum absolute atomic E-state index is 0.0253. The number of aliphatic hydroxyl groups is 1. The number of hydrogen-bond acceptors (Lipinski definition) is 10. The van der Waals surface area contributed by atoms with Gasteiger partial charge in [0.2, 0.25) is 5.91 Å². The number of primary amides is 1. The largest absolute Gasteiger partial charge is 0.507 e. The summed E-state index contributed by atoms with van der Waals surface area (Å²) in [7, 11) is 3.13. The number of benzene rings is 1. The van der Waals surface area contributed by atoms with E-state index in [1.807, 2.05) is 0 Å². The van der Waals surface area contributed by atoms with Gasteiger partial charge in [0.1, 0.15) is 5.75 Å². The lowest BCUT2D eigenvalue weighted by Crippen LogP contribution is -2.74. The molecule has 0 radical (unpaired) electrons. The fourth-order valence-electron chi connectivity index (χ4n) is 6.82. The van der Waals surface area contributed by atoms with E-state index in [2.05, 4.69) is 4.90 Å². The normalized spacial score (nSPS) is 34.2. The third kappa shape index (κ3) is 3.75. The van der Waals surface area contributed by atoms with Crippen LogP contribution in [0.15, 0.2) is 12.1 Å². The Bertz CT molecular complexity index is 1210. The van der Waals surface area contributed by atoms with E-state index in [9.17, 15) is 34.2 Å². The van der Waals surface area contributed by atoms with Gasteiger partial charge >= 0.3 is 0 Å². The highest BCUT2D eigenvalue weighted by molar-refractivity contribution is 6.32. The van der Waals surface area contributed by atoms with Crippen LogP contribution in [0.4, 0.5) is 0 Å². The zero-order valence-corrected chi connectivity index (χ0v) is 20.8. The maximum atomic E-state index is 13.8. The fraction of sp³-hybridized carbons (Fsp3) is 0.577. The van der Waals surface area contributed by atoms with Gasteiger partial charge in [0.05, 0.1) is 30.7 Å². The first-order chi connectivity index (χ1) is 17.5. The Labute approximate surface area is 213 Å². The highest BCUT2D eigenvalue weighted by Crippen LogP contribution is 2.51. The number of aromatic hydroxyl groups is 1. The van der Waals surface area contributed by atoms with Crippen molar-refractivity contribution in [2.75, 3.05) is 40.4 Å². The lowest BCUT2D eigenvalue weighted by Gasteiger charge is -2.52. The van der Waals surface area contributed by atoms with Gasteiger partial charge in [-0.25, -0.2) is 0 Å². The van der Waals surface area contributed by atoms with Crippen LogP contribution in [-0.4, -0.2) is 101 Å². The van der Waals surface area contributed by atoms with E-state index in [4.69, 9.17) is 10.5 Å². The van der Waals surface area contributed by atoms with Crippen LogP contribution in [0.2, 0.25) is 0 Å². The van der Waals surface area contributed by atoms with Gasteiger partial charge < -0.3 is 20.7 Å². The van der Waals surface area contributed by atoms with Crippen molar-refractivity contribution < 1.29 is 38.9 Å². The van der Waals surface area contributed by atoms with E-state index in [1.165, 1.54) is 11.0 Å². The number of phenols is 1. The third-order valence-electron chi connectivity index (χ3n) is 8.54. The van der Waals surface area contributed by atoms with Crippen LogP contribution < -0.4 is 5.73 Å². The molecule has 0 bridgehead atoms. The zero-order chi connectivity index (χ0) is 26.8. The van der Waals surface area contributed by atoms with Gasteiger partial charge in [0, 0.05) is 25.6 Å². The Hall–Kier alpha value is -2.99. The number of likely N-dealkylation sites (N-methyl/N-ethyl adjacent to an activating group) is 1. The number of fused-ring (bicyclic) bond motifs is 3. The number of nitrogens with two attached hydrogens (primary N) is 1. The lowest BCUT2D eigenvalue weighted by molar-refractivity contribution is -0.181. The highest BCUT2D eigenvalue weighted by atomic mass is 16.5. The molecule has 5 rings (SSSR count). The average molecular weight is 514 g/mol. The molecule has 1 heterocycles. The minimum Gasteiger partial charge on any atom is -0.507 e. The molecule has 198 valence electrons. The number of carbonyl (C=O) groups excluding carboxylic acids is 5. The molecule has 37 heavy (non-hydrogen) atoms. The van der Waals surface area contributed by atoms with Crippen molar-refractivity contribution in [3.05, 3.63) is 28.8 Å². The summed E-state index contributed by atoms with van der Waals surface area (Å²) in [4.78, 5) is 69.7. The van der Waals surface area contributed by atoms with Crippen LogP contribution in [-0.2, 0) is 36.9 Å². The molecule has 4 aliphatic rings. The molecule has 1 aromatic rings. The third-order valence-corrected chi connectivity index (χ3v) is 8.54. The number of ketones is 4. The number of hydrogen-bond donors (Lipinski definition) is 3. The number of Topliss-reactive ketones (excluding diaryl/α,β-unsaturated/α-hetero) is 4. The quantitative estimate of drug-likeness (QED) is 0.412. The maximum Gasteiger partial charge on any atom is 0.235 e. The van der Waals surface area contributed by atoms with E-state index < -0.39 is 64.4 Å². The summed E-state index contributed by atoms with van der Waals surface area (Å²) in [6, 6.07) is 2.08. The second kappa shape index (κ2) is 9.09. The predicted octanol–water partition coefficient (Wildman–Crippen LogP) is -1.30. The van der Waals surface area contributed by atoms with E-state index in [0.717, 1.165) is 18.7 Å². The van der Waals surface area contributed by atoms with Gasteiger partial charge in [-0.15, -0.1) is 0 Å². The summed E-state index contributed by atoms with van der Waals surface area (Å²) >= 11 is 0. The molecule has 0 aromatic heterocycles. The summed E-state index contributed by atoms with van der Waals surface area (Å²) in [6.45, 7) is 3.17. The second-order valence-corrected chi connectivity index (χ2v) is 10.8. The molecule has 3 fully saturated rings. The summed E-state index contributed by atoms with van der Waals surface area (Å²) in [5, 5.41) is 22.2. The molecule has 3 unspecified atom stereocenters. The first kappa shape index (κ1) is 25.7. The van der Waals surface area contributed by atoms with Crippen molar-refractivity contribution in [2.24, 2.45) is 29.4 Å². The van der Waals surface area contributed by atoms with Crippen LogP contribution >= 0.6 is 0 Å². The van der Waals surface area contributed by atoms with E-state index >= 15 is 0 Å². The molecular formula is C26H31N3O8. The molecule has 11 nitrogen and oxygen atoms in total. The number of phenolic OH excluding ortho intramolecular Hbond substituents is 1. The second-order valence-electron chi connectivity index (χ2n) is 10.8. The van der Waals surface area contributed by atoms with Gasteiger partial charge in [-0.3, -0.25) is 33.8 Å². The van der Waals surface area contributed by atoms with E-state index in [0.29, 0.717) is 25.3 Å². The molecule has 6 atom stereocenters. The zero-order valence-electron chi connectivity index (χ0n) is 20.8. The SMILES string of the molecule is CN(C)C1C(=O)C(C(N)=O)C(=O)[C@@]2(O)C(=O)C3C(=O)c4c(O)ccc(CN5CCOCC5)c4C[C@H]3C[C@@H]12. The molecule has 3 aliphatic carbocycles. The summed E-state index contributed by atoms with van der Waals surface area (Å²) < 4.78 is 5.41. The lowest BCUT2D eigenvalue weighted by atomic mass is 9.52. The van der Waals surface area contributed by atoms with Crippen molar-refractivity contribution >= 4 is 29.0 Å². The molecule has 1 amide bonds. The van der Waals surface area contributed by atoms with Crippen LogP contribution in [0.1, 0.15) is 27.9 Å². The predicted molar refractivity (Wildman–Crippen MR) is 127 cm³/mol. The van der Waals surface area contributed by atoms with Crippen molar-refractivity contribution in [1.82, 2.24) is 9.80 Å². The number of morpholine rings is 1. The van der Waals surface area contributed by atoms with Crippen molar-refractivity contribution in [3.63, 3.8) is 0 Å². The molecule has 0 spiro atoms. The molecule has 2 saturated carbocycles. The first-order valence-corrected chi connectivity index (χ1v) is 12.5. The number of nitrogens with zero attached hydrogens (tertiary/aromatic N) is 2. The average Bonchev–Trinajstić information content (AvgIpc) is 2.83. The fourth-order valence-corrected chi connectivity index (χ4v) is 6.82. The van der Waals surface area contributed by atoms with Gasteiger partial charge in [0.25, 0.3) is 0 Å². The number of amides is 1. The molecule has 4 N–H and O–H groups in total. The topological polar surface area (TPSA) is 168 Å². The van der Waals surface area contributed by atoms with Crippen LogP contribution in [0.5, 0.6) is 5.75 Å². The summed E-state index contributed by atoms with van der Waals surface area (Å²) in [5.41, 5.74) is 4.14. The smallest absolute Gasteiger partial charge is 0.235 e. The summed E-state index contributed by atoms with van der Waals surface area (Å²) in [6.07, 6.45) is 0.302. The Balaban J connectivity index is 1.58. The molecule has 11 heteroatoms. The summed E-state index contributed by atoms with van der Waals surface area (Å²) in [5.74, 6) is -10.3. The first-order valence-electron chi connectivity index (χ1n) is 12.5. The van der Waals surface area contributed by atoms with E-state index in [1.54, 1.807) is 20.2 Å². The van der Waals surface area contributed by atoms with Crippen LogP contribution in [0, 0.1) is 23.7 Å². The minimum atomic E-state index is -2.71. The Morgan fingerprint density at radius 2 is 1.84 bits per heavy atom. The Morgan fingerprint density at radius 3 is 2.46 bits per heavy atom. The van der Waals surface area contributed by atoms with Gasteiger partial charge in [0.15, 0.2) is 34.7 Å². The molecule has 1 saturated heterocycles. The van der Waals surface area contributed by atoms with Gasteiger partial charge in [-0.05, 0) is 50.0 Å². The van der Waals surface area contributed by atoms with Crippen molar-refractivity contribution in [1.29, 1.82) is 0 Å². The Kier molecular flexibility index (Phi) is 6.30.